The summed E-state index contributed by atoms with van der Waals surface area (Å²) in [6.07, 6.45) is 1.01. The van der Waals surface area contributed by atoms with E-state index in [1.807, 2.05) is 0 Å². The van der Waals surface area contributed by atoms with Crippen molar-refractivity contribution >= 4 is 29.1 Å². The summed E-state index contributed by atoms with van der Waals surface area (Å²) < 4.78 is 15.6. The Balaban J connectivity index is 2.35. The van der Waals surface area contributed by atoms with Crippen LogP contribution in [0.4, 0.5) is 0 Å². The Kier molecular flexibility index (Phi) is 10.0. The Morgan fingerprint density at radius 3 is 2.30 bits per heavy atom. The molecule has 0 bridgehead atoms. The van der Waals surface area contributed by atoms with E-state index < -0.39 is 0 Å². The molecule has 0 atom stereocenters. The van der Waals surface area contributed by atoms with Crippen LogP contribution in [-0.4, -0.2) is 57.9 Å². The molecule has 0 aliphatic carbocycles. The van der Waals surface area contributed by atoms with Crippen LogP contribution in [0, 0.1) is 0 Å². The van der Waals surface area contributed by atoms with Crippen molar-refractivity contribution in [2.24, 2.45) is 0 Å². The number of methoxy groups -OCH3 is 2. The molecule has 0 aliphatic heterocycles. The fourth-order valence-electron chi connectivity index (χ4n) is 1.92. The lowest BCUT2D eigenvalue weighted by Crippen LogP contribution is -2.36. The fourth-order valence-corrected chi connectivity index (χ4v) is 2.38. The zero-order chi connectivity index (χ0) is 17.1. The number of carbonyl (C=O) groups is 1. The first-order valence-electron chi connectivity index (χ1n) is 7.42. The van der Waals surface area contributed by atoms with E-state index in [0.717, 1.165) is 0 Å². The molecule has 0 saturated heterocycles. The second-order valence-electron chi connectivity index (χ2n) is 4.89. The average Bonchev–Trinajstić information content (AvgIpc) is 2.53. The van der Waals surface area contributed by atoms with Gasteiger partial charge in [0.1, 0.15) is 5.75 Å². The first kappa shape index (κ1) is 20.0. The molecule has 0 radical (unpaired) electrons. The highest BCUT2D eigenvalue weighted by atomic mass is 35.5. The molecule has 0 fully saturated rings. The van der Waals surface area contributed by atoms with Gasteiger partial charge in [-0.15, -0.1) is 0 Å². The van der Waals surface area contributed by atoms with Gasteiger partial charge in [-0.05, 0) is 24.6 Å². The Morgan fingerprint density at radius 2 is 1.74 bits per heavy atom. The molecule has 23 heavy (non-hydrogen) atoms. The maximum absolute atomic E-state index is 12.2. The number of carbonyl (C=O) groups excluding carboxylic acids is 1. The summed E-state index contributed by atoms with van der Waals surface area (Å²) >= 11 is 11.9. The molecule has 0 unspecified atom stereocenters. The summed E-state index contributed by atoms with van der Waals surface area (Å²) in [4.78, 5) is 13.9. The third-order valence-electron chi connectivity index (χ3n) is 3.17. The molecule has 1 aromatic rings. The van der Waals surface area contributed by atoms with Gasteiger partial charge in [-0.3, -0.25) is 4.79 Å². The van der Waals surface area contributed by atoms with Gasteiger partial charge >= 0.3 is 0 Å². The van der Waals surface area contributed by atoms with Gasteiger partial charge in [-0.25, -0.2) is 0 Å². The molecule has 0 N–H and O–H groups in total. The normalized spacial score (nSPS) is 10.6. The van der Waals surface area contributed by atoms with Crippen molar-refractivity contribution in [1.29, 1.82) is 0 Å². The van der Waals surface area contributed by atoms with Gasteiger partial charge in [0, 0.05) is 38.8 Å². The van der Waals surface area contributed by atoms with Gasteiger partial charge < -0.3 is 19.1 Å². The van der Waals surface area contributed by atoms with E-state index in [2.05, 4.69) is 0 Å². The van der Waals surface area contributed by atoms with E-state index in [9.17, 15) is 4.79 Å². The van der Waals surface area contributed by atoms with E-state index in [1.54, 1.807) is 37.3 Å². The van der Waals surface area contributed by atoms with Crippen LogP contribution in [0.15, 0.2) is 18.2 Å². The van der Waals surface area contributed by atoms with Crippen molar-refractivity contribution in [1.82, 2.24) is 4.90 Å². The van der Waals surface area contributed by atoms with Gasteiger partial charge in [0.2, 0.25) is 5.91 Å². The summed E-state index contributed by atoms with van der Waals surface area (Å²) in [5.74, 6) is 0.629. The summed E-state index contributed by atoms with van der Waals surface area (Å²) in [5, 5.41) is 1.02. The molecule has 1 rings (SSSR count). The quantitative estimate of drug-likeness (QED) is 0.566. The maximum Gasteiger partial charge on any atom is 0.222 e. The second kappa shape index (κ2) is 11.5. The van der Waals surface area contributed by atoms with Crippen LogP contribution in [0.5, 0.6) is 5.75 Å². The highest BCUT2D eigenvalue weighted by Gasteiger charge is 2.13. The second-order valence-corrected chi connectivity index (χ2v) is 5.74. The summed E-state index contributed by atoms with van der Waals surface area (Å²) in [5.41, 5.74) is 0. The number of halogens is 2. The van der Waals surface area contributed by atoms with Crippen LogP contribution < -0.4 is 4.74 Å². The van der Waals surface area contributed by atoms with Gasteiger partial charge in [-0.2, -0.15) is 0 Å². The molecule has 0 aromatic heterocycles. The topological polar surface area (TPSA) is 48.0 Å². The van der Waals surface area contributed by atoms with Gasteiger partial charge in [-0.1, -0.05) is 23.2 Å². The van der Waals surface area contributed by atoms with Crippen molar-refractivity contribution in [2.75, 3.05) is 47.1 Å². The number of rotatable bonds is 11. The van der Waals surface area contributed by atoms with Crippen LogP contribution in [-0.2, 0) is 14.3 Å². The van der Waals surface area contributed by atoms with E-state index >= 15 is 0 Å². The zero-order valence-electron chi connectivity index (χ0n) is 13.5. The minimum atomic E-state index is 0.0601. The zero-order valence-corrected chi connectivity index (χ0v) is 15.0. The van der Waals surface area contributed by atoms with E-state index in [1.165, 1.54) is 0 Å². The van der Waals surface area contributed by atoms with Crippen molar-refractivity contribution < 1.29 is 19.0 Å². The number of hydrogen-bond donors (Lipinski definition) is 0. The maximum atomic E-state index is 12.2. The molecular formula is C16H23Cl2NO4. The van der Waals surface area contributed by atoms with E-state index in [4.69, 9.17) is 37.4 Å². The lowest BCUT2D eigenvalue weighted by Gasteiger charge is -2.22. The van der Waals surface area contributed by atoms with E-state index in [0.29, 0.717) is 61.5 Å². The van der Waals surface area contributed by atoms with Crippen LogP contribution in [0.3, 0.4) is 0 Å². The predicted octanol–water partition coefficient (Wildman–Crippen LogP) is 3.27. The third kappa shape index (κ3) is 7.88. The van der Waals surface area contributed by atoms with Gasteiger partial charge in [0.25, 0.3) is 0 Å². The number of hydrogen-bond acceptors (Lipinski definition) is 4. The van der Waals surface area contributed by atoms with Gasteiger partial charge in [0.15, 0.2) is 0 Å². The van der Waals surface area contributed by atoms with Crippen LogP contribution >= 0.6 is 23.2 Å². The minimum Gasteiger partial charge on any atom is -0.492 e. The predicted molar refractivity (Wildman–Crippen MR) is 91.5 cm³/mol. The lowest BCUT2D eigenvalue weighted by atomic mass is 10.2. The molecule has 5 nitrogen and oxygen atoms in total. The molecule has 1 aromatic carbocycles. The standard InChI is InChI=1S/C16H23Cl2NO4/c1-21-10-7-19(8-11-22-2)16(20)4-3-9-23-15-6-5-13(17)12-14(15)18/h5-6,12H,3-4,7-11H2,1-2H3. The van der Waals surface area contributed by atoms with Crippen molar-refractivity contribution in [3.05, 3.63) is 28.2 Å². The first-order chi connectivity index (χ1) is 11.1. The fraction of sp³-hybridized carbons (Fsp3) is 0.562. The Bertz CT molecular complexity index is 477. The highest BCUT2D eigenvalue weighted by molar-refractivity contribution is 6.35. The molecule has 7 heteroatoms. The SMILES string of the molecule is COCCN(CCOC)C(=O)CCCOc1ccc(Cl)cc1Cl. The van der Waals surface area contributed by atoms with Crippen molar-refractivity contribution in [3.8, 4) is 5.75 Å². The lowest BCUT2D eigenvalue weighted by molar-refractivity contribution is -0.132. The Labute approximate surface area is 147 Å². The van der Waals surface area contributed by atoms with Crippen molar-refractivity contribution in [2.45, 2.75) is 12.8 Å². The van der Waals surface area contributed by atoms with E-state index in [-0.39, 0.29) is 5.91 Å². The Morgan fingerprint density at radius 1 is 1.09 bits per heavy atom. The van der Waals surface area contributed by atoms with Gasteiger partial charge in [0.05, 0.1) is 24.8 Å². The molecule has 1 amide bonds. The smallest absolute Gasteiger partial charge is 0.222 e. The molecular weight excluding hydrogens is 341 g/mol. The molecule has 0 spiro atoms. The molecule has 130 valence electrons. The molecule has 0 aliphatic rings. The minimum absolute atomic E-state index is 0.0601. The number of nitrogens with zero attached hydrogens (tertiary/aromatic N) is 1. The first-order valence-corrected chi connectivity index (χ1v) is 8.17. The third-order valence-corrected chi connectivity index (χ3v) is 3.70. The monoisotopic (exact) mass is 363 g/mol. The largest absolute Gasteiger partial charge is 0.492 e. The van der Waals surface area contributed by atoms with Crippen molar-refractivity contribution in [3.63, 3.8) is 0 Å². The number of benzene rings is 1. The highest BCUT2D eigenvalue weighted by Crippen LogP contribution is 2.27. The van der Waals surface area contributed by atoms with Crippen LogP contribution in [0.25, 0.3) is 0 Å². The average molecular weight is 364 g/mol. The Hall–Kier alpha value is -1.01. The molecule has 0 heterocycles. The van der Waals surface area contributed by atoms with Crippen LogP contribution in [0.1, 0.15) is 12.8 Å². The summed E-state index contributed by atoms with van der Waals surface area (Å²) in [6, 6.07) is 5.06. The summed E-state index contributed by atoms with van der Waals surface area (Å²) in [7, 11) is 3.23. The van der Waals surface area contributed by atoms with Crippen LogP contribution in [0.2, 0.25) is 10.0 Å². The number of ether oxygens (including phenoxy) is 3. The summed E-state index contributed by atoms with van der Waals surface area (Å²) in [6.45, 7) is 2.54. The number of amides is 1. The molecule has 0 saturated carbocycles.